The van der Waals surface area contributed by atoms with Crippen molar-refractivity contribution >= 4 is 28.4 Å². The van der Waals surface area contributed by atoms with Crippen LogP contribution in [0, 0.1) is 0 Å². The fourth-order valence-electron chi connectivity index (χ4n) is 3.71. The van der Waals surface area contributed by atoms with Gasteiger partial charge in [0.2, 0.25) is 5.88 Å². The van der Waals surface area contributed by atoms with Gasteiger partial charge in [0.1, 0.15) is 17.7 Å². The predicted molar refractivity (Wildman–Crippen MR) is 119 cm³/mol. The summed E-state index contributed by atoms with van der Waals surface area (Å²) in [7, 11) is 0. The van der Waals surface area contributed by atoms with Crippen LogP contribution >= 0.6 is 0 Å². The molecule has 4 rings (SSSR count). The van der Waals surface area contributed by atoms with Gasteiger partial charge >= 0.3 is 12.1 Å². The number of hydrogen-bond acceptors (Lipinski definition) is 8. The van der Waals surface area contributed by atoms with Crippen LogP contribution in [0.4, 0.5) is 24.8 Å². The highest BCUT2D eigenvalue weighted by Gasteiger charge is 2.32. The summed E-state index contributed by atoms with van der Waals surface area (Å²) in [4.78, 5) is 25.1. The summed E-state index contributed by atoms with van der Waals surface area (Å²) in [5.74, 6) is 0.140. The lowest BCUT2D eigenvalue weighted by molar-refractivity contribution is -0.153. The molecule has 8 nitrogen and oxygen atoms in total. The van der Waals surface area contributed by atoms with Gasteiger partial charge in [0, 0.05) is 23.9 Å². The fraction of sp³-hybridized carbons (Fsp3) is 0.391. The summed E-state index contributed by atoms with van der Waals surface area (Å²) < 4.78 is 48.3. The van der Waals surface area contributed by atoms with Crippen molar-refractivity contribution in [2.24, 2.45) is 5.73 Å². The first-order valence-corrected chi connectivity index (χ1v) is 10.6. The molecule has 180 valence electrons. The number of halogens is 3. The lowest BCUT2D eigenvalue weighted by Gasteiger charge is -2.27. The molecular weight excluding hydrogens is 451 g/mol. The van der Waals surface area contributed by atoms with Crippen LogP contribution in [0.25, 0.3) is 10.8 Å². The average Bonchev–Trinajstić information content (AvgIpc) is 2.74. The molecule has 0 saturated carbocycles. The maximum atomic E-state index is 12.7. The van der Waals surface area contributed by atoms with Crippen LogP contribution in [-0.2, 0) is 10.3 Å². The fourth-order valence-corrected chi connectivity index (χ4v) is 3.71. The predicted octanol–water partition coefficient (Wildman–Crippen LogP) is 4.57. The Bertz CT molecular complexity index is 1260. The number of cyclic esters (lactones) is 1. The van der Waals surface area contributed by atoms with Crippen molar-refractivity contribution in [1.29, 1.82) is 0 Å². The number of carbonyl (C=O) groups is 1. The standard InChI is InChI=1S/C23H24F3N5O3/c1-11-12(2)34-21(32)13-5-6-17(31-19(11)13)30-18-7-14-15(8-28-18)20(33-10-23(24,25)26)29-9-16(14)22(3,4)27/h5-9,11-12H,10,27H2,1-4H3,(H,28,30,31)/t11-,12-/m0/s1. The molecule has 0 aromatic carbocycles. The number of nitrogens with one attached hydrogen (secondary N) is 1. The maximum absolute atomic E-state index is 12.7. The number of nitrogens with zero attached hydrogens (tertiary/aromatic N) is 3. The molecular formula is C23H24F3N5O3. The van der Waals surface area contributed by atoms with Crippen LogP contribution in [0.1, 0.15) is 55.2 Å². The van der Waals surface area contributed by atoms with Crippen LogP contribution in [0.3, 0.4) is 0 Å². The smallest absolute Gasteiger partial charge is 0.422 e. The number of rotatable bonds is 5. The minimum atomic E-state index is -4.51. The van der Waals surface area contributed by atoms with Crippen molar-refractivity contribution in [3.63, 3.8) is 0 Å². The number of anilines is 2. The van der Waals surface area contributed by atoms with Crippen LogP contribution in [0.15, 0.2) is 30.6 Å². The van der Waals surface area contributed by atoms with E-state index in [-0.39, 0.29) is 17.9 Å². The van der Waals surface area contributed by atoms with Gasteiger partial charge in [0.05, 0.1) is 16.6 Å². The Balaban J connectivity index is 1.72. The van der Waals surface area contributed by atoms with Crippen LogP contribution in [-0.4, -0.2) is 39.8 Å². The van der Waals surface area contributed by atoms with Gasteiger partial charge in [-0.05, 0) is 49.9 Å². The molecule has 4 heterocycles. The van der Waals surface area contributed by atoms with E-state index in [2.05, 4.69) is 20.3 Å². The average molecular weight is 475 g/mol. The van der Waals surface area contributed by atoms with E-state index >= 15 is 0 Å². The van der Waals surface area contributed by atoms with Crippen molar-refractivity contribution < 1.29 is 27.4 Å². The summed E-state index contributed by atoms with van der Waals surface area (Å²) in [6.07, 6.45) is -2.03. The molecule has 0 aliphatic carbocycles. The van der Waals surface area contributed by atoms with E-state index in [1.54, 1.807) is 39.0 Å². The van der Waals surface area contributed by atoms with Crippen LogP contribution in [0.5, 0.6) is 5.88 Å². The molecule has 3 aromatic heterocycles. The highest BCUT2D eigenvalue weighted by molar-refractivity contribution is 5.93. The molecule has 0 bridgehead atoms. The van der Waals surface area contributed by atoms with Crippen LogP contribution in [0.2, 0.25) is 0 Å². The zero-order valence-corrected chi connectivity index (χ0v) is 19.0. The van der Waals surface area contributed by atoms with Gasteiger partial charge in [-0.25, -0.2) is 19.7 Å². The molecule has 11 heteroatoms. The van der Waals surface area contributed by atoms with E-state index in [9.17, 15) is 18.0 Å². The van der Waals surface area contributed by atoms with Gasteiger partial charge in [-0.1, -0.05) is 6.92 Å². The minimum Gasteiger partial charge on any atom is -0.468 e. The van der Waals surface area contributed by atoms with Crippen molar-refractivity contribution in [3.05, 3.63) is 47.4 Å². The summed E-state index contributed by atoms with van der Waals surface area (Å²) in [6.45, 7) is 5.78. The molecule has 0 amide bonds. The molecule has 34 heavy (non-hydrogen) atoms. The van der Waals surface area contributed by atoms with E-state index in [0.29, 0.717) is 39.2 Å². The van der Waals surface area contributed by atoms with E-state index in [1.807, 2.05) is 6.92 Å². The second-order valence-corrected chi connectivity index (χ2v) is 8.87. The van der Waals surface area contributed by atoms with Crippen molar-refractivity contribution in [3.8, 4) is 5.88 Å². The third-order valence-electron chi connectivity index (χ3n) is 5.63. The van der Waals surface area contributed by atoms with E-state index in [1.165, 1.54) is 12.4 Å². The second kappa shape index (κ2) is 8.39. The van der Waals surface area contributed by atoms with Crippen LogP contribution < -0.4 is 15.8 Å². The topological polar surface area (TPSA) is 112 Å². The van der Waals surface area contributed by atoms with E-state index in [0.717, 1.165) is 0 Å². The van der Waals surface area contributed by atoms with Gasteiger partial charge in [0.25, 0.3) is 0 Å². The number of fused-ring (bicyclic) bond motifs is 2. The third-order valence-corrected chi connectivity index (χ3v) is 5.63. The van der Waals surface area contributed by atoms with Gasteiger partial charge in [-0.15, -0.1) is 0 Å². The van der Waals surface area contributed by atoms with Gasteiger partial charge in [0.15, 0.2) is 6.61 Å². The number of esters is 1. The van der Waals surface area contributed by atoms with E-state index in [4.69, 9.17) is 15.2 Å². The zero-order chi connectivity index (χ0) is 24.8. The van der Waals surface area contributed by atoms with E-state index < -0.39 is 24.3 Å². The molecule has 3 N–H and O–H groups in total. The molecule has 1 aliphatic rings. The largest absolute Gasteiger partial charge is 0.468 e. The van der Waals surface area contributed by atoms with Gasteiger partial charge < -0.3 is 20.5 Å². The molecule has 0 radical (unpaired) electrons. The minimum absolute atomic E-state index is 0.0944. The van der Waals surface area contributed by atoms with Gasteiger partial charge in [-0.2, -0.15) is 13.2 Å². The molecule has 0 fully saturated rings. The molecule has 2 atom stereocenters. The Morgan fingerprint density at radius 1 is 1.12 bits per heavy atom. The molecule has 3 aromatic rings. The number of hydrogen-bond donors (Lipinski definition) is 2. The Kier molecular flexibility index (Phi) is 5.84. The van der Waals surface area contributed by atoms with Crippen molar-refractivity contribution in [2.75, 3.05) is 11.9 Å². The summed E-state index contributed by atoms with van der Waals surface area (Å²) in [5, 5.41) is 3.94. The normalized spacial score (nSPS) is 18.4. The van der Waals surface area contributed by atoms with Crippen molar-refractivity contribution in [1.82, 2.24) is 15.0 Å². The number of aromatic nitrogens is 3. The molecule has 0 spiro atoms. The number of carbonyl (C=O) groups excluding carboxylic acids is 1. The number of alkyl halides is 3. The number of pyridine rings is 3. The Labute approximate surface area is 193 Å². The summed E-state index contributed by atoms with van der Waals surface area (Å²) >= 11 is 0. The number of nitrogens with two attached hydrogens (primary N) is 1. The zero-order valence-electron chi connectivity index (χ0n) is 19.0. The van der Waals surface area contributed by atoms with Crippen molar-refractivity contribution in [2.45, 2.75) is 51.4 Å². The third kappa shape index (κ3) is 4.74. The first-order chi connectivity index (χ1) is 15.8. The second-order valence-electron chi connectivity index (χ2n) is 8.87. The molecule has 1 aliphatic heterocycles. The van der Waals surface area contributed by atoms with Gasteiger partial charge in [-0.3, -0.25) is 0 Å². The number of ether oxygens (including phenoxy) is 2. The maximum Gasteiger partial charge on any atom is 0.422 e. The highest BCUT2D eigenvalue weighted by Crippen LogP contribution is 2.34. The Hall–Kier alpha value is -3.47. The highest BCUT2D eigenvalue weighted by atomic mass is 19.4. The first kappa shape index (κ1) is 23.7. The quantitative estimate of drug-likeness (QED) is 0.517. The summed E-state index contributed by atoms with van der Waals surface area (Å²) in [5.41, 5.74) is 7.08. The lowest BCUT2D eigenvalue weighted by atomic mass is 9.93. The molecule has 0 saturated heterocycles. The summed E-state index contributed by atoms with van der Waals surface area (Å²) in [6, 6.07) is 4.92. The lowest BCUT2D eigenvalue weighted by Crippen LogP contribution is -2.29. The molecule has 0 unspecified atom stereocenters. The Morgan fingerprint density at radius 2 is 1.85 bits per heavy atom. The first-order valence-electron chi connectivity index (χ1n) is 10.6. The monoisotopic (exact) mass is 475 g/mol. The Morgan fingerprint density at radius 3 is 2.53 bits per heavy atom. The SMILES string of the molecule is C[C@@H]1OC(=O)c2ccc(Nc3cc4c(C(C)(C)N)cnc(OCC(F)(F)F)c4cn3)nc2[C@H]1C.